The van der Waals surface area contributed by atoms with Crippen LogP contribution in [0.2, 0.25) is 0 Å². The van der Waals surface area contributed by atoms with Crippen LogP contribution in [0.3, 0.4) is 0 Å². The van der Waals surface area contributed by atoms with Gasteiger partial charge in [0, 0.05) is 19.1 Å². The summed E-state index contributed by atoms with van der Waals surface area (Å²) in [5.74, 6) is 0. The minimum atomic E-state index is -3.09. The van der Waals surface area contributed by atoms with E-state index in [-0.39, 0.29) is 0 Å². The van der Waals surface area contributed by atoms with Gasteiger partial charge >= 0.3 is 0 Å². The summed E-state index contributed by atoms with van der Waals surface area (Å²) in [6, 6.07) is 0.402. The van der Waals surface area contributed by atoms with E-state index in [0.29, 0.717) is 6.04 Å². The molecule has 2 N–H and O–H groups in total. The van der Waals surface area contributed by atoms with Crippen LogP contribution < -0.4 is 10.1 Å². The van der Waals surface area contributed by atoms with E-state index in [2.05, 4.69) is 10.1 Å². The average Bonchev–Trinajstić information content (AvgIpc) is 2.32. The Morgan fingerprint density at radius 1 is 1.50 bits per heavy atom. The van der Waals surface area contributed by atoms with Gasteiger partial charge in [0.2, 0.25) is 10.0 Å². The summed E-state index contributed by atoms with van der Waals surface area (Å²) in [7, 11) is -1.21. The minimum absolute atomic E-state index is 0.402. The summed E-state index contributed by atoms with van der Waals surface area (Å²) < 4.78 is 21.6. The van der Waals surface area contributed by atoms with Crippen molar-refractivity contribution in [2.45, 2.75) is 12.5 Å². The smallest absolute Gasteiger partial charge is 0.221 e. The molecule has 1 aliphatic rings. The predicted molar refractivity (Wildman–Crippen MR) is 47.0 cm³/mol. The van der Waals surface area contributed by atoms with Crippen LogP contribution in [0.1, 0.15) is 6.42 Å². The molecule has 0 aromatic heterocycles. The largest absolute Gasteiger partial charge is 0.316 e. The van der Waals surface area contributed by atoms with Gasteiger partial charge in [-0.1, -0.05) is 0 Å². The van der Waals surface area contributed by atoms with E-state index < -0.39 is 10.0 Å². The number of nitrogens with one attached hydrogen (secondary N) is 2. The number of sulfonamides is 1. The molecule has 12 heavy (non-hydrogen) atoms. The third-order valence-electron chi connectivity index (χ3n) is 1.89. The first-order valence-corrected chi connectivity index (χ1v) is 5.80. The van der Waals surface area contributed by atoms with Crippen molar-refractivity contribution >= 4 is 10.0 Å². The van der Waals surface area contributed by atoms with E-state index in [4.69, 9.17) is 0 Å². The molecule has 0 aromatic rings. The van der Waals surface area contributed by atoms with Crippen LogP contribution in [0, 0.1) is 0 Å². The molecular formula is C6H15N3O2S. The molecule has 1 rings (SSSR count). The monoisotopic (exact) mass is 193 g/mol. The van der Waals surface area contributed by atoms with E-state index in [0.717, 1.165) is 19.5 Å². The summed E-state index contributed by atoms with van der Waals surface area (Å²) in [5.41, 5.74) is 0. The Bertz CT molecular complexity index is 239. The molecule has 0 amide bonds. The lowest BCUT2D eigenvalue weighted by Gasteiger charge is -2.15. The first kappa shape index (κ1) is 9.91. The number of rotatable bonds is 3. The summed E-state index contributed by atoms with van der Waals surface area (Å²) in [6.07, 6.45) is 2.15. The van der Waals surface area contributed by atoms with Crippen molar-refractivity contribution in [1.82, 2.24) is 15.2 Å². The van der Waals surface area contributed by atoms with Crippen molar-refractivity contribution in [1.29, 1.82) is 0 Å². The molecule has 1 heterocycles. The van der Waals surface area contributed by atoms with Crippen molar-refractivity contribution < 1.29 is 8.42 Å². The molecule has 1 aliphatic heterocycles. The first-order chi connectivity index (χ1) is 5.51. The predicted octanol–water partition coefficient (Wildman–Crippen LogP) is -1.26. The van der Waals surface area contributed by atoms with Gasteiger partial charge in [-0.05, 0) is 13.5 Å². The van der Waals surface area contributed by atoms with Gasteiger partial charge in [0.25, 0.3) is 0 Å². The number of hydrogen-bond donors (Lipinski definition) is 2. The van der Waals surface area contributed by atoms with Crippen LogP contribution in [0.4, 0.5) is 0 Å². The maximum absolute atomic E-state index is 10.8. The highest BCUT2D eigenvalue weighted by atomic mass is 32.2. The van der Waals surface area contributed by atoms with Gasteiger partial charge in [0.1, 0.15) is 0 Å². The van der Waals surface area contributed by atoms with Crippen LogP contribution in [-0.2, 0) is 10.0 Å². The minimum Gasteiger partial charge on any atom is -0.316 e. The van der Waals surface area contributed by atoms with E-state index in [1.165, 1.54) is 6.26 Å². The SMILES string of the molecule is CNC1CCN(NS(C)(=O)=O)C1. The fraction of sp³-hybridized carbons (Fsp3) is 1.00. The second-order valence-corrected chi connectivity index (χ2v) is 4.81. The second kappa shape index (κ2) is 3.69. The molecule has 0 aliphatic carbocycles. The molecule has 1 unspecified atom stereocenters. The number of hydrogen-bond acceptors (Lipinski definition) is 4. The third-order valence-corrected chi connectivity index (χ3v) is 2.48. The van der Waals surface area contributed by atoms with Crippen LogP contribution >= 0.6 is 0 Å². The Morgan fingerprint density at radius 2 is 2.17 bits per heavy atom. The third kappa shape index (κ3) is 3.06. The van der Waals surface area contributed by atoms with Crippen molar-refractivity contribution in [3.05, 3.63) is 0 Å². The molecule has 1 fully saturated rings. The number of likely N-dealkylation sites (N-methyl/N-ethyl adjacent to an activating group) is 1. The first-order valence-electron chi connectivity index (χ1n) is 3.91. The highest BCUT2D eigenvalue weighted by Gasteiger charge is 2.22. The second-order valence-electron chi connectivity index (χ2n) is 3.08. The summed E-state index contributed by atoms with van der Waals surface area (Å²) in [4.78, 5) is 2.45. The lowest BCUT2D eigenvalue weighted by molar-refractivity contribution is 0.293. The van der Waals surface area contributed by atoms with E-state index in [1.54, 1.807) is 5.01 Å². The van der Waals surface area contributed by atoms with Crippen molar-refractivity contribution in [3.63, 3.8) is 0 Å². The van der Waals surface area contributed by atoms with Crippen molar-refractivity contribution in [2.75, 3.05) is 26.4 Å². The Labute approximate surface area is 73.1 Å². The Balaban J connectivity index is 2.38. The molecule has 0 spiro atoms. The quantitative estimate of drug-likeness (QED) is 0.587. The van der Waals surface area contributed by atoms with Gasteiger partial charge < -0.3 is 5.32 Å². The highest BCUT2D eigenvalue weighted by molar-refractivity contribution is 7.88. The normalized spacial score (nSPS) is 26.3. The Kier molecular flexibility index (Phi) is 3.05. The Morgan fingerprint density at radius 3 is 2.58 bits per heavy atom. The fourth-order valence-corrected chi connectivity index (χ4v) is 1.95. The maximum Gasteiger partial charge on any atom is 0.221 e. The summed E-state index contributed by atoms with van der Waals surface area (Å²) >= 11 is 0. The molecule has 1 atom stereocenters. The lowest BCUT2D eigenvalue weighted by atomic mass is 10.3. The van der Waals surface area contributed by atoms with Crippen LogP contribution in [-0.4, -0.2) is 45.9 Å². The van der Waals surface area contributed by atoms with Gasteiger partial charge in [0.15, 0.2) is 0 Å². The highest BCUT2D eigenvalue weighted by Crippen LogP contribution is 2.05. The lowest BCUT2D eigenvalue weighted by Crippen LogP contribution is -2.41. The average molecular weight is 193 g/mol. The summed E-state index contributed by atoms with van der Waals surface area (Å²) in [5, 5.41) is 4.82. The molecule has 0 bridgehead atoms. The fourth-order valence-electron chi connectivity index (χ4n) is 1.31. The molecule has 0 radical (unpaired) electrons. The van der Waals surface area contributed by atoms with Crippen LogP contribution in [0.25, 0.3) is 0 Å². The van der Waals surface area contributed by atoms with E-state index >= 15 is 0 Å². The molecule has 6 heteroatoms. The molecule has 0 aromatic carbocycles. The van der Waals surface area contributed by atoms with Gasteiger partial charge in [-0.3, -0.25) is 0 Å². The zero-order chi connectivity index (χ0) is 9.19. The van der Waals surface area contributed by atoms with Gasteiger partial charge in [-0.15, -0.1) is 4.83 Å². The van der Waals surface area contributed by atoms with E-state index in [1.807, 2.05) is 7.05 Å². The Hall–Kier alpha value is -0.170. The summed E-state index contributed by atoms with van der Waals surface area (Å²) in [6.45, 7) is 1.52. The maximum atomic E-state index is 10.8. The molecule has 72 valence electrons. The zero-order valence-corrected chi connectivity index (χ0v) is 8.19. The standard InChI is InChI=1S/C6H15N3O2S/c1-7-6-3-4-9(5-6)8-12(2,10)11/h6-8H,3-5H2,1-2H3. The van der Waals surface area contributed by atoms with Crippen LogP contribution in [0.5, 0.6) is 0 Å². The van der Waals surface area contributed by atoms with Gasteiger partial charge in [-0.25, -0.2) is 13.4 Å². The molecule has 0 saturated carbocycles. The van der Waals surface area contributed by atoms with Crippen molar-refractivity contribution in [3.8, 4) is 0 Å². The molecular weight excluding hydrogens is 178 g/mol. The number of nitrogens with zero attached hydrogens (tertiary/aromatic N) is 1. The van der Waals surface area contributed by atoms with Gasteiger partial charge in [-0.2, -0.15) is 0 Å². The van der Waals surface area contributed by atoms with Crippen LogP contribution in [0.15, 0.2) is 0 Å². The van der Waals surface area contributed by atoms with E-state index in [9.17, 15) is 8.42 Å². The molecule has 1 saturated heterocycles. The number of hydrazine groups is 1. The topological polar surface area (TPSA) is 61.4 Å². The van der Waals surface area contributed by atoms with Gasteiger partial charge in [0.05, 0.1) is 6.26 Å². The zero-order valence-electron chi connectivity index (χ0n) is 7.37. The molecule has 5 nitrogen and oxygen atoms in total. The van der Waals surface area contributed by atoms with Crippen molar-refractivity contribution in [2.24, 2.45) is 0 Å².